The van der Waals surface area contributed by atoms with E-state index in [0.717, 1.165) is 43.6 Å². The van der Waals surface area contributed by atoms with E-state index in [2.05, 4.69) is 119 Å². The first-order chi connectivity index (χ1) is 30.1. The number of aromatic nitrogens is 1. The summed E-state index contributed by atoms with van der Waals surface area (Å²) < 4.78 is 64.5. The quantitative estimate of drug-likeness (QED) is 0.111. The molecule has 9 rings (SSSR count). The molecule has 9 nitrogen and oxygen atoms in total. The van der Waals surface area contributed by atoms with Crippen LogP contribution < -0.4 is 0 Å². The summed E-state index contributed by atoms with van der Waals surface area (Å²) in [6.07, 6.45) is 11.9. The molecule has 2 aromatic carbocycles. The van der Waals surface area contributed by atoms with E-state index in [1.165, 1.54) is 80.0 Å². The second-order valence-corrected chi connectivity index (χ2v) is 22.9. The van der Waals surface area contributed by atoms with Crippen molar-refractivity contribution in [2.45, 2.75) is 42.9 Å². The Morgan fingerprint density at radius 3 is 1.49 bits per heavy atom. The summed E-state index contributed by atoms with van der Waals surface area (Å²) in [5.41, 5.74) is 6.18. The van der Waals surface area contributed by atoms with Crippen molar-refractivity contribution in [3.05, 3.63) is 166 Å². The molecule has 1 aliphatic rings. The SMILES string of the molecule is CN1C=CN(CCc2cc(-c3cccs3)sc2-c2ccc(-c3sc(-c4cccs4)cc3CCc3ccn(C)c3)s2)C1.Cc1ccc(S(=O)(=O)[O-])cc1.Cc1ccc(S(=O)(=O)[O-])cc1. The van der Waals surface area contributed by atoms with Gasteiger partial charge in [-0.05, 0) is 127 Å². The zero-order chi connectivity index (χ0) is 44.7. The van der Waals surface area contributed by atoms with Crippen molar-refractivity contribution in [1.29, 1.82) is 0 Å². The highest BCUT2D eigenvalue weighted by atomic mass is 32.2. The van der Waals surface area contributed by atoms with E-state index in [4.69, 9.17) is 0 Å². The average Bonchev–Trinajstić information content (AvgIpc) is 4.09. The van der Waals surface area contributed by atoms with Crippen LogP contribution >= 0.6 is 56.7 Å². The lowest BCUT2D eigenvalue weighted by Crippen LogP contribution is -2.24. The minimum atomic E-state index is -4.27. The van der Waals surface area contributed by atoms with Crippen LogP contribution in [0.2, 0.25) is 0 Å². The monoisotopic (exact) mass is 971 g/mol. The van der Waals surface area contributed by atoms with Gasteiger partial charge in [-0.1, -0.05) is 47.5 Å². The van der Waals surface area contributed by atoms with Crippen molar-refractivity contribution in [1.82, 2.24) is 14.4 Å². The van der Waals surface area contributed by atoms with Crippen LogP contribution in [0.5, 0.6) is 0 Å². The van der Waals surface area contributed by atoms with E-state index in [-0.39, 0.29) is 9.79 Å². The molecule has 0 amide bonds. The Morgan fingerprint density at radius 2 is 1.08 bits per heavy atom. The van der Waals surface area contributed by atoms with Crippen LogP contribution in [0.15, 0.2) is 148 Å². The topological polar surface area (TPSA) is 126 Å². The van der Waals surface area contributed by atoms with E-state index < -0.39 is 20.2 Å². The van der Waals surface area contributed by atoms with Crippen molar-refractivity contribution in [3.63, 3.8) is 0 Å². The Kier molecular flexibility index (Phi) is 15.1. The van der Waals surface area contributed by atoms with Gasteiger partial charge in [0, 0.05) is 84.5 Å². The summed E-state index contributed by atoms with van der Waals surface area (Å²) in [6.45, 7) is 5.64. The Hall–Kier alpha value is -4.62. The van der Waals surface area contributed by atoms with Crippen LogP contribution in [0.4, 0.5) is 0 Å². The maximum absolute atomic E-state index is 10.4. The third kappa shape index (κ3) is 12.6. The predicted octanol–water partition coefficient (Wildman–Crippen LogP) is 11.8. The van der Waals surface area contributed by atoms with Gasteiger partial charge < -0.3 is 23.5 Å². The molecule has 0 N–H and O–H groups in total. The van der Waals surface area contributed by atoms with Crippen LogP contribution in [0.25, 0.3) is 39.0 Å². The van der Waals surface area contributed by atoms with Crippen molar-refractivity contribution >= 4 is 76.9 Å². The molecule has 0 saturated heterocycles. The van der Waals surface area contributed by atoms with Gasteiger partial charge in [-0.2, -0.15) is 0 Å². The normalized spacial score (nSPS) is 12.6. The van der Waals surface area contributed by atoms with E-state index in [0.29, 0.717) is 0 Å². The first-order valence-electron chi connectivity index (χ1n) is 19.8. The van der Waals surface area contributed by atoms with Crippen LogP contribution in [-0.2, 0) is 46.5 Å². The lowest BCUT2D eigenvalue weighted by atomic mass is 10.1. The van der Waals surface area contributed by atoms with Crippen LogP contribution in [-0.4, -0.2) is 60.6 Å². The summed E-state index contributed by atoms with van der Waals surface area (Å²) in [4.78, 5) is 15.4. The molecule has 63 heavy (non-hydrogen) atoms. The summed E-state index contributed by atoms with van der Waals surface area (Å²) in [5.74, 6) is 0. The molecule has 0 spiro atoms. The van der Waals surface area contributed by atoms with Crippen molar-refractivity contribution in [2.24, 2.45) is 7.05 Å². The highest BCUT2D eigenvalue weighted by Crippen LogP contribution is 2.47. The lowest BCUT2D eigenvalue weighted by Gasteiger charge is -2.17. The molecule has 0 bridgehead atoms. The number of rotatable bonds is 12. The molecule has 0 fully saturated rings. The number of thiophene rings is 5. The molecule has 6 aromatic heterocycles. The third-order valence-corrected chi connectivity index (χ3v) is 17.6. The second kappa shape index (κ2) is 20.5. The Labute approximate surface area is 390 Å². The molecule has 328 valence electrons. The molecule has 0 unspecified atom stereocenters. The zero-order valence-electron chi connectivity index (χ0n) is 35.0. The minimum Gasteiger partial charge on any atom is -0.744 e. The molecule has 0 saturated carbocycles. The predicted molar refractivity (Wildman–Crippen MR) is 261 cm³/mol. The van der Waals surface area contributed by atoms with Gasteiger partial charge in [0.15, 0.2) is 0 Å². The molecule has 0 radical (unpaired) electrons. The third-order valence-electron chi connectivity index (χ3n) is 10.0. The number of benzene rings is 2. The molecule has 8 aromatic rings. The minimum absolute atomic E-state index is 0.178. The molecule has 1 aliphatic heterocycles. The first kappa shape index (κ1) is 46.4. The van der Waals surface area contributed by atoms with Gasteiger partial charge in [-0.25, -0.2) is 16.8 Å². The Morgan fingerprint density at radius 1 is 0.571 bits per heavy atom. The zero-order valence-corrected chi connectivity index (χ0v) is 40.7. The average molecular weight is 972 g/mol. The Bertz CT molecular complexity index is 2900. The van der Waals surface area contributed by atoms with E-state index >= 15 is 0 Å². The summed E-state index contributed by atoms with van der Waals surface area (Å²) >= 11 is 9.54. The number of hydrogen-bond donors (Lipinski definition) is 0. The van der Waals surface area contributed by atoms with Gasteiger partial charge in [-0.3, -0.25) is 0 Å². The highest BCUT2D eigenvalue weighted by Gasteiger charge is 2.20. The van der Waals surface area contributed by atoms with Gasteiger partial charge in [0.25, 0.3) is 0 Å². The lowest BCUT2D eigenvalue weighted by molar-refractivity contribution is 0.299. The van der Waals surface area contributed by atoms with Crippen molar-refractivity contribution in [3.8, 4) is 39.0 Å². The fourth-order valence-electron chi connectivity index (χ4n) is 6.70. The maximum atomic E-state index is 10.4. The van der Waals surface area contributed by atoms with Crippen LogP contribution in [0.1, 0.15) is 27.8 Å². The number of nitrogens with zero attached hydrogens (tertiary/aromatic N) is 3. The molecule has 0 aliphatic carbocycles. The van der Waals surface area contributed by atoms with Gasteiger partial charge in [0.1, 0.15) is 20.2 Å². The largest absolute Gasteiger partial charge is 0.744 e. The van der Waals surface area contributed by atoms with Gasteiger partial charge in [0.05, 0.1) is 16.5 Å². The van der Waals surface area contributed by atoms with Gasteiger partial charge in [-0.15, -0.1) is 56.7 Å². The molecule has 16 heteroatoms. The fourth-order valence-corrected chi connectivity index (χ4v) is 13.0. The van der Waals surface area contributed by atoms with E-state index in [9.17, 15) is 25.9 Å². The Balaban J connectivity index is 0.000000221. The van der Waals surface area contributed by atoms with Crippen molar-refractivity contribution < 1.29 is 25.9 Å². The van der Waals surface area contributed by atoms with Gasteiger partial charge >= 0.3 is 0 Å². The molecule has 7 heterocycles. The maximum Gasteiger partial charge on any atom is 0.124 e. The smallest absolute Gasteiger partial charge is 0.124 e. The molecular weight excluding hydrogens is 927 g/mol. The molecule has 0 atom stereocenters. The van der Waals surface area contributed by atoms with Gasteiger partial charge in [0.2, 0.25) is 0 Å². The fraction of sp³-hybridized carbons (Fsp3) is 0.191. The van der Waals surface area contributed by atoms with Crippen LogP contribution in [0, 0.1) is 13.8 Å². The number of hydrogen-bond acceptors (Lipinski definition) is 13. The number of aryl methyl sites for hydroxylation is 5. The van der Waals surface area contributed by atoms with Crippen LogP contribution in [0.3, 0.4) is 0 Å². The standard InChI is InChI=1S/C33H31N3S5.2C7H8O3S/c1-34-13-11-23(21-34)7-8-24-19-30(26-5-3-17-37-26)40-32(24)28-9-10-29(39-28)33-25(12-14-36-16-15-35(2)22-36)20-31(41-33)27-6-4-18-38-27;2*1-6-2-4-7(5-3-6)11(8,9)10/h3-6,9-11,13,15-21H,7-8,12,14,22H2,1-2H3;2*2-5H,1H3,(H,8,9,10)/p-2. The van der Waals surface area contributed by atoms with Crippen molar-refractivity contribution in [2.75, 3.05) is 20.3 Å². The first-order valence-corrected chi connectivity index (χ1v) is 26.8. The van der Waals surface area contributed by atoms with E-state index in [1.807, 2.05) is 70.5 Å². The summed E-state index contributed by atoms with van der Waals surface area (Å²) in [5, 5.41) is 4.36. The molecular formula is C47H45N3O6S7-2. The van der Waals surface area contributed by atoms with E-state index in [1.54, 1.807) is 24.3 Å². The summed E-state index contributed by atoms with van der Waals surface area (Å²) in [6, 6.07) is 32.2. The summed E-state index contributed by atoms with van der Waals surface area (Å²) in [7, 11) is -4.30. The second-order valence-electron chi connectivity index (χ2n) is 15.0. The highest BCUT2D eigenvalue weighted by molar-refractivity contribution is 7.86.